The monoisotopic (exact) mass is 457 g/mol. The first-order chi connectivity index (χ1) is 16.0. The fraction of sp³-hybridized carbons (Fsp3) is 0.0833. The van der Waals surface area contributed by atoms with Crippen LogP contribution in [0.15, 0.2) is 59.2 Å². The topological polar surface area (TPSA) is 131 Å². The first-order valence-corrected chi connectivity index (χ1v) is 10.0. The largest absolute Gasteiger partial charge is 0.497 e. The third-order valence-electron chi connectivity index (χ3n) is 4.79. The average Bonchev–Trinajstić information content (AvgIpc) is 3.32. The molecule has 0 aliphatic carbocycles. The lowest BCUT2D eigenvalue weighted by Gasteiger charge is -2.13. The smallest absolute Gasteiger partial charge is 0.234 e. The van der Waals surface area contributed by atoms with Gasteiger partial charge in [-0.15, -0.1) is 0 Å². The first-order valence-electron chi connectivity index (χ1n) is 9.65. The predicted octanol–water partition coefficient (Wildman–Crippen LogP) is 4.97. The summed E-state index contributed by atoms with van der Waals surface area (Å²) in [5.41, 5.74) is 8.39. The maximum absolute atomic E-state index is 9.85. The van der Waals surface area contributed by atoms with Crippen LogP contribution >= 0.6 is 11.6 Å². The van der Waals surface area contributed by atoms with Gasteiger partial charge in [-0.1, -0.05) is 23.7 Å². The molecule has 8 nitrogen and oxygen atoms in total. The van der Waals surface area contributed by atoms with Crippen LogP contribution in [0.2, 0.25) is 5.02 Å². The van der Waals surface area contributed by atoms with E-state index in [1.165, 1.54) is 6.26 Å². The summed E-state index contributed by atoms with van der Waals surface area (Å²) in [7, 11) is 1.55. The number of hydrogen-bond acceptors (Lipinski definition) is 8. The Labute approximate surface area is 194 Å². The maximum Gasteiger partial charge on any atom is 0.234 e. The van der Waals surface area contributed by atoms with Gasteiger partial charge in [0.25, 0.3) is 0 Å². The highest BCUT2D eigenvalue weighted by atomic mass is 35.5. The highest BCUT2D eigenvalue weighted by molar-refractivity contribution is 6.30. The Morgan fingerprint density at radius 2 is 1.64 bits per heavy atom. The van der Waals surface area contributed by atoms with Crippen LogP contribution in [0, 0.1) is 22.7 Å². The number of nitrogen functional groups attached to an aromatic ring is 1. The number of nitrogens with two attached hydrogens (primary N) is 1. The van der Waals surface area contributed by atoms with E-state index in [4.69, 9.17) is 31.2 Å². The molecule has 0 amide bonds. The molecule has 0 unspecified atom stereocenters. The summed E-state index contributed by atoms with van der Waals surface area (Å²) >= 11 is 5.92. The van der Waals surface area contributed by atoms with Crippen LogP contribution < -0.4 is 15.2 Å². The molecule has 33 heavy (non-hydrogen) atoms. The molecule has 4 aromatic rings. The summed E-state index contributed by atoms with van der Waals surface area (Å²) in [6, 6.07) is 18.1. The molecule has 0 bridgehead atoms. The summed E-state index contributed by atoms with van der Waals surface area (Å²) in [6.07, 6.45) is 1.45. The van der Waals surface area contributed by atoms with Gasteiger partial charge in [0.1, 0.15) is 53.4 Å². The number of oxazole rings is 1. The van der Waals surface area contributed by atoms with Gasteiger partial charge in [-0.3, -0.25) is 0 Å². The number of rotatable bonds is 6. The first kappa shape index (κ1) is 21.7. The van der Waals surface area contributed by atoms with Crippen molar-refractivity contribution in [1.29, 1.82) is 10.5 Å². The Bertz CT molecular complexity index is 1380. The zero-order chi connectivity index (χ0) is 23.4. The molecule has 9 heteroatoms. The van der Waals surface area contributed by atoms with Crippen molar-refractivity contribution < 1.29 is 13.9 Å². The summed E-state index contributed by atoms with van der Waals surface area (Å²) < 4.78 is 16.5. The fourth-order valence-electron chi connectivity index (χ4n) is 3.19. The van der Waals surface area contributed by atoms with Gasteiger partial charge < -0.3 is 19.6 Å². The molecule has 4 rings (SSSR count). The number of nitrogens with zero attached hydrogens (tertiary/aromatic N) is 4. The summed E-state index contributed by atoms with van der Waals surface area (Å²) in [5.74, 6) is 0.990. The van der Waals surface area contributed by atoms with E-state index < -0.39 is 0 Å². The molecule has 162 valence electrons. The molecule has 2 aromatic heterocycles. The highest BCUT2D eigenvalue weighted by Gasteiger charge is 2.22. The minimum atomic E-state index is -0.0423. The van der Waals surface area contributed by atoms with E-state index in [0.717, 1.165) is 5.56 Å². The minimum Gasteiger partial charge on any atom is -0.497 e. The van der Waals surface area contributed by atoms with Crippen molar-refractivity contribution in [3.63, 3.8) is 0 Å². The molecular weight excluding hydrogens is 442 g/mol. The van der Waals surface area contributed by atoms with Crippen molar-refractivity contribution in [2.75, 3.05) is 12.8 Å². The zero-order valence-corrected chi connectivity index (χ0v) is 18.1. The number of methoxy groups -OCH3 is 1. The minimum absolute atomic E-state index is 0.00383. The van der Waals surface area contributed by atoms with Crippen molar-refractivity contribution in [1.82, 2.24) is 9.97 Å². The van der Waals surface area contributed by atoms with Gasteiger partial charge in [0.2, 0.25) is 11.8 Å². The van der Waals surface area contributed by atoms with Crippen molar-refractivity contribution in [3.8, 4) is 46.3 Å². The Morgan fingerprint density at radius 1 is 0.970 bits per heavy atom. The van der Waals surface area contributed by atoms with Crippen LogP contribution in [0.4, 0.5) is 5.82 Å². The molecule has 2 heterocycles. The van der Waals surface area contributed by atoms with Gasteiger partial charge in [-0.05, 0) is 42.0 Å². The maximum atomic E-state index is 9.85. The fourth-order valence-corrected chi connectivity index (χ4v) is 3.32. The molecule has 0 spiro atoms. The van der Waals surface area contributed by atoms with Crippen LogP contribution in [-0.4, -0.2) is 17.1 Å². The Kier molecular flexibility index (Phi) is 6.12. The Morgan fingerprint density at radius 3 is 2.27 bits per heavy atom. The van der Waals surface area contributed by atoms with Crippen molar-refractivity contribution >= 4 is 17.4 Å². The highest BCUT2D eigenvalue weighted by Crippen LogP contribution is 2.36. The van der Waals surface area contributed by atoms with E-state index in [1.54, 1.807) is 55.6 Å². The van der Waals surface area contributed by atoms with Gasteiger partial charge in [0.05, 0.1) is 7.11 Å². The van der Waals surface area contributed by atoms with E-state index in [1.807, 2.05) is 6.07 Å². The van der Waals surface area contributed by atoms with Gasteiger partial charge in [0, 0.05) is 16.1 Å². The number of ether oxygens (including phenoxy) is 2. The van der Waals surface area contributed by atoms with Crippen LogP contribution in [0.3, 0.4) is 0 Å². The van der Waals surface area contributed by atoms with E-state index in [2.05, 4.69) is 16.0 Å². The summed E-state index contributed by atoms with van der Waals surface area (Å²) in [6.45, 7) is -0.0217. The molecular formula is C24H16ClN5O3. The van der Waals surface area contributed by atoms with Crippen molar-refractivity contribution in [3.05, 3.63) is 76.6 Å². The van der Waals surface area contributed by atoms with Gasteiger partial charge in [0.15, 0.2) is 0 Å². The standard InChI is InChI=1S/C24H16ClN5O3/c1-31-18-8-4-14(5-9-18)21-19(10-26)22(28)30-24(20(21)11-27)33-13-17-12-32-23(29-17)15-2-6-16(25)7-3-15/h2-9,12H,13H2,1H3,(H2,28,30). The molecule has 2 aromatic carbocycles. The van der Waals surface area contributed by atoms with Crippen LogP contribution in [-0.2, 0) is 6.61 Å². The number of halogens is 1. The molecule has 0 atom stereocenters. The van der Waals surface area contributed by atoms with Crippen molar-refractivity contribution in [2.24, 2.45) is 0 Å². The lowest BCUT2D eigenvalue weighted by Crippen LogP contribution is -2.06. The van der Waals surface area contributed by atoms with E-state index >= 15 is 0 Å². The lowest BCUT2D eigenvalue weighted by atomic mass is 9.96. The molecule has 0 radical (unpaired) electrons. The second-order valence-corrected chi connectivity index (χ2v) is 7.26. The van der Waals surface area contributed by atoms with E-state index in [0.29, 0.717) is 33.5 Å². The number of pyridine rings is 1. The molecule has 2 N–H and O–H groups in total. The third-order valence-corrected chi connectivity index (χ3v) is 5.05. The molecule has 0 aliphatic heterocycles. The second-order valence-electron chi connectivity index (χ2n) is 6.82. The van der Waals surface area contributed by atoms with Crippen LogP contribution in [0.1, 0.15) is 16.8 Å². The Balaban J connectivity index is 1.66. The summed E-state index contributed by atoms with van der Waals surface area (Å²) in [5, 5.41) is 20.1. The van der Waals surface area contributed by atoms with Crippen LogP contribution in [0.5, 0.6) is 11.6 Å². The number of benzene rings is 2. The summed E-state index contributed by atoms with van der Waals surface area (Å²) in [4.78, 5) is 8.53. The molecule has 0 saturated carbocycles. The Hall–Kier alpha value is -4.53. The predicted molar refractivity (Wildman–Crippen MR) is 121 cm³/mol. The van der Waals surface area contributed by atoms with Crippen LogP contribution in [0.25, 0.3) is 22.6 Å². The quantitative estimate of drug-likeness (QED) is 0.429. The van der Waals surface area contributed by atoms with E-state index in [9.17, 15) is 10.5 Å². The molecule has 0 saturated heterocycles. The number of anilines is 1. The number of hydrogen-bond donors (Lipinski definition) is 1. The second kappa shape index (κ2) is 9.31. The lowest BCUT2D eigenvalue weighted by molar-refractivity contribution is 0.288. The third kappa shape index (κ3) is 4.42. The van der Waals surface area contributed by atoms with E-state index in [-0.39, 0.29) is 29.4 Å². The van der Waals surface area contributed by atoms with Gasteiger partial charge in [-0.2, -0.15) is 15.5 Å². The number of aromatic nitrogens is 2. The normalized spacial score (nSPS) is 10.3. The van der Waals surface area contributed by atoms with Gasteiger partial charge in [-0.25, -0.2) is 4.98 Å². The zero-order valence-electron chi connectivity index (χ0n) is 17.4. The van der Waals surface area contributed by atoms with Gasteiger partial charge >= 0.3 is 0 Å². The number of nitriles is 2. The van der Waals surface area contributed by atoms with Crippen molar-refractivity contribution in [2.45, 2.75) is 6.61 Å². The molecule has 0 fully saturated rings. The average molecular weight is 458 g/mol. The SMILES string of the molecule is COc1ccc(-c2c(C#N)c(N)nc(OCc3coc(-c4ccc(Cl)cc4)n3)c2C#N)cc1. The molecule has 0 aliphatic rings.